The predicted molar refractivity (Wildman–Crippen MR) is 121 cm³/mol. The van der Waals surface area contributed by atoms with Crippen molar-refractivity contribution in [3.8, 4) is 0 Å². The standard InChI is InChI=1S/C22H30N8/c23-18-5-1-2-6-20(18)27-22-24-10-9-21(28-22)30-11-3-4-17(14-30)26-16-7-8-19-15(12-16)13-25-29-19/h7-10,12-13,17-18,20,26H,1-6,11,14,23H2,(H,25,29)(H,24,27,28). The Balaban J connectivity index is 1.25. The van der Waals surface area contributed by atoms with E-state index < -0.39 is 0 Å². The third-order valence-electron chi connectivity index (χ3n) is 6.33. The summed E-state index contributed by atoms with van der Waals surface area (Å²) in [4.78, 5) is 11.6. The smallest absolute Gasteiger partial charge is 0.224 e. The molecule has 0 bridgehead atoms. The molecule has 5 rings (SSSR count). The van der Waals surface area contributed by atoms with Crippen molar-refractivity contribution >= 4 is 28.4 Å². The SMILES string of the molecule is NC1CCCCC1Nc1nccc(N2CCCC(Nc3ccc4[nH]ncc4c3)C2)n1. The van der Waals surface area contributed by atoms with Crippen molar-refractivity contribution in [1.82, 2.24) is 20.2 Å². The summed E-state index contributed by atoms with van der Waals surface area (Å²) in [6, 6.07) is 9.17. The molecule has 0 spiro atoms. The van der Waals surface area contributed by atoms with E-state index in [4.69, 9.17) is 10.7 Å². The molecule has 158 valence electrons. The number of fused-ring (bicyclic) bond motifs is 1. The fraction of sp³-hybridized carbons (Fsp3) is 0.500. The molecule has 2 aliphatic rings. The van der Waals surface area contributed by atoms with E-state index in [1.807, 2.05) is 18.5 Å². The van der Waals surface area contributed by atoms with E-state index in [1.54, 1.807) is 0 Å². The van der Waals surface area contributed by atoms with Crippen LogP contribution in [0, 0.1) is 0 Å². The van der Waals surface area contributed by atoms with Gasteiger partial charge in [0.2, 0.25) is 5.95 Å². The molecule has 30 heavy (non-hydrogen) atoms. The number of anilines is 3. The van der Waals surface area contributed by atoms with Gasteiger partial charge in [-0.25, -0.2) is 4.98 Å². The number of benzene rings is 1. The summed E-state index contributed by atoms with van der Waals surface area (Å²) in [6.07, 6.45) is 10.6. The normalized spacial score (nSPS) is 24.7. The van der Waals surface area contributed by atoms with Crippen molar-refractivity contribution < 1.29 is 0 Å². The van der Waals surface area contributed by atoms with Crippen LogP contribution in [0.15, 0.2) is 36.7 Å². The van der Waals surface area contributed by atoms with E-state index in [9.17, 15) is 0 Å². The average molecular weight is 407 g/mol. The molecule has 2 aromatic heterocycles. The van der Waals surface area contributed by atoms with Gasteiger partial charge in [-0.1, -0.05) is 12.8 Å². The zero-order valence-corrected chi connectivity index (χ0v) is 17.2. The number of H-pyrrole nitrogens is 1. The summed E-state index contributed by atoms with van der Waals surface area (Å²) in [5, 5.41) is 15.4. The third-order valence-corrected chi connectivity index (χ3v) is 6.33. The summed E-state index contributed by atoms with van der Waals surface area (Å²) in [5.74, 6) is 1.67. The number of nitrogens with two attached hydrogens (primary N) is 1. The second-order valence-corrected chi connectivity index (χ2v) is 8.54. The number of nitrogens with zero attached hydrogens (tertiary/aromatic N) is 4. The lowest BCUT2D eigenvalue weighted by atomic mass is 9.91. The van der Waals surface area contributed by atoms with Crippen LogP contribution in [0.2, 0.25) is 0 Å². The van der Waals surface area contributed by atoms with E-state index >= 15 is 0 Å². The van der Waals surface area contributed by atoms with Gasteiger partial charge in [-0.3, -0.25) is 5.10 Å². The maximum Gasteiger partial charge on any atom is 0.224 e. The Morgan fingerprint density at radius 3 is 2.93 bits per heavy atom. The van der Waals surface area contributed by atoms with Gasteiger partial charge >= 0.3 is 0 Å². The first-order valence-corrected chi connectivity index (χ1v) is 11.0. The van der Waals surface area contributed by atoms with Gasteiger partial charge in [0.25, 0.3) is 0 Å². The number of aromatic nitrogens is 4. The molecule has 5 N–H and O–H groups in total. The maximum absolute atomic E-state index is 6.28. The van der Waals surface area contributed by atoms with Crippen LogP contribution in [0.1, 0.15) is 38.5 Å². The quantitative estimate of drug-likeness (QED) is 0.516. The molecule has 2 fully saturated rings. The molecule has 3 heterocycles. The molecule has 1 saturated heterocycles. The van der Waals surface area contributed by atoms with Gasteiger partial charge < -0.3 is 21.3 Å². The molecular weight excluding hydrogens is 376 g/mol. The lowest BCUT2D eigenvalue weighted by Gasteiger charge is -2.35. The summed E-state index contributed by atoms with van der Waals surface area (Å²) in [5.41, 5.74) is 8.48. The van der Waals surface area contributed by atoms with Crippen molar-refractivity contribution in [3.05, 3.63) is 36.7 Å². The Hall–Kier alpha value is -2.87. The van der Waals surface area contributed by atoms with Crippen LogP contribution in [-0.2, 0) is 0 Å². The number of piperidine rings is 1. The molecule has 0 amide bonds. The number of hydrogen-bond donors (Lipinski definition) is 4. The Morgan fingerprint density at radius 2 is 2.00 bits per heavy atom. The third kappa shape index (κ3) is 4.18. The first kappa shape index (κ1) is 19.1. The van der Waals surface area contributed by atoms with Crippen LogP contribution in [0.25, 0.3) is 10.9 Å². The molecule has 3 aromatic rings. The van der Waals surface area contributed by atoms with Crippen LogP contribution in [0.5, 0.6) is 0 Å². The van der Waals surface area contributed by atoms with Gasteiger partial charge in [-0.15, -0.1) is 0 Å². The summed E-state index contributed by atoms with van der Waals surface area (Å²) >= 11 is 0. The highest BCUT2D eigenvalue weighted by Gasteiger charge is 2.24. The van der Waals surface area contributed by atoms with Gasteiger partial charge in [0.15, 0.2) is 0 Å². The van der Waals surface area contributed by atoms with Crippen LogP contribution in [0.3, 0.4) is 0 Å². The van der Waals surface area contributed by atoms with E-state index in [0.29, 0.717) is 12.0 Å². The monoisotopic (exact) mass is 406 g/mol. The molecule has 1 aliphatic heterocycles. The number of aromatic amines is 1. The summed E-state index contributed by atoms with van der Waals surface area (Å²) < 4.78 is 0. The number of nitrogens with one attached hydrogen (secondary N) is 3. The van der Waals surface area contributed by atoms with Crippen LogP contribution in [-0.4, -0.2) is 51.4 Å². The predicted octanol–water partition coefficient (Wildman–Crippen LogP) is 3.12. The molecule has 1 saturated carbocycles. The Kier molecular flexibility index (Phi) is 5.40. The van der Waals surface area contributed by atoms with Crippen molar-refractivity contribution in [2.45, 2.75) is 56.7 Å². The molecule has 1 aromatic carbocycles. The van der Waals surface area contributed by atoms with E-state index in [2.05, 4.69) is 48.9 Å². The first-order chi connectivity index (χ1) is 14.7. The van der Waals surface area contributed by atoms with E-state index in [0.717, 1.165) is 61.2 Å². The molecule has 8 nitrogen and oxygen atoms in total. The number of hydrogen-bond acceptors (Lipinski definition) is 7. The topological polar surface area (TPSA) is 108 Å². The zero-order valence-electron chi connectivity index (χ0n) is 17.2. The summed E-state index contributed by atoms with van der Waals surface area (Å²) in [7, 11) is 0. The highest BCUT2D eigenvalue weighted by atomic mass is 15.2. The Morgan fingerprint density at radius 1 is 1.07 bits per heavy atom. The van der Waals surface area contributed by atoms with Crippen molar-refractivity contribution in [2.75, 3.05) is 28.6 Å². The second kappa shape index (κ2) is 8.47. The van der Waals surface area contributed by atoms with Gasteiger partial charge in [0.05, 0.1) is 11.7 Å². The van der Waals surface area contributed by atoms with Gasteiger partial charge in [0, 0.05) is 48.5 Å². The zero-order chi connectivity index (χ0) is 20.3. The lowest BCUT2D eigenvalue weighted by Crippen LogP contribution is -2.43. The van der Waals surface area contributed by atoms with Gasteiger partial charge in [0.1, 0.15) is 5.82 Å². The lowest BCUT2D eigenvalue weighted by molar-refractivity contribution is 0.402. The van der Waals surface area contributed by atoms with Crippen LogP contribution >= 0.6 is 0 Å². The van der Waals surface area contributed by atoms with Crippen molar-refractivity contribution in [1.29, 1.82) is 0 Å². The molecule has 8 heteroatoms. The minimum atomic E-state index is 0.183. The summed E-state index contributed by atoms with van der Waals surface area (Å²) in [6.45, 7) is 1.93. The highest BCUT2D eigenvalue weighted by Crippen LogP contribution is 2.24. The van der Waals surface area contributed by atoms with Crippen LogP contribution in [0.4, 0.5) is 17.5 Å². The maximum atomic E-state index is 6.28. The van der Waals surface area contributed by atoms with Crippen molar-refractivity contribution in [3.63, 3.8) is 0 Å². The largest absolute Gasteiger partial charge is 0.381 e. The Labute approximate surface area is 176 Å². The van der Waals surface area contributed by atoms with Gasteiger partial charge in [-0.05, 0) is 49.9 Å². The molecule has 3 unspecified atom stereocenters. The minimum absolute atomic E-state index is 0.183. The first-order valence-electron chi connectivity index (χ1n) is 11.0. The van der Waals surface area contributed by atoms with E-state index in [-0.39, 0.29) is 12.1 Å². The highest BCUT2D eigenvalue weighted by molar-refractivity contribution is 5.81. The average Bonchev–Trinajstić information content (AvgIpc) is 3.24. The van der Waals surface area contributed by atoms with Crippen molar-refractivity contribution in [2.24, 2.45) is 5.73 Å². The Bertz CT molecular complexity index is 986. The molecular formula is C22H30N8. The van der Waals surface area contributed by atoms with E-state index in [1.165, 1.54) is 12.8 Å². The fourth-order valence-corrected chi connectivity index (χ4v) is 4.67. The van der Waals surface area contributed by atoms with Gasteiger partial charge in [-0.2, -0.15) is 10.1 Å². The minimum Gasteiger partial charge on any atom is -0.381 e. The molecule has 3 atom stereocenters. The fourth-order valence-electron chi connectivity index (χ4n) is 4.67. The van der Waals surface area contributed by atoms with Crippen LogP contribution < -0.4 is 21.3 Å². The second-order valence-electron chi connectivity index (χ2n) is 8.54. The molecule has 0 radical (unpaired) electrons. The number of rotatable bonds is 5. The molecule has 1 aliphatic carbocycles.